The zero-order valence-corrected chi connectivity index (χ0v) is 9.68. The molecule has 1 aromatic heterocycles. The number of hydrogen-bond acceptors (Lipinski definition) is 4. The van der Waals surface area contributed by atoms with Crippen LogP contribution in [0.2, 0.25) is 0 Å². The second-order valence-corrected chi connectivity index (χ2v) is 4.40. The van der Waals surface area contributed by atoms with E-state index >= 15 is 0 Å². The Morgan fingerprint density at radius 1 is 1.28 bits per heavy atom. The highest BCUT2D eigenvalue weighted by molar-refractivity contribution is 5.67. The predicted octanol–water partition coefficient (Wildman–Crippen LogP) is 1.72. The lowest BCUT2D eigenvalue weighted by Gasteiger charge is -2.07. The Hall–Kier alpha value is -2.30. The van der Waals surface area contributed by atoms with E-state index in [0.717, 1.165) is 12.8 Å². The highest BCUT2D eigenvalue weighted by atomic mass is 16.3. The van der Waals surface area contributed by atoms with E-state index in [1.54, 1.807) is 12.1 Å². The fourth-order valence-corrected chi connectivity index (χ4v) is 1.82. The number of hydrogen-bond donors (Lipinski definition) is 3. The Bertz CT molecular complexity index is 618. The molecule has 0 amide bonds. The van der Waals surface area contributed by atoms with Crippen LogP contribution in [0.25, 0.3) is 11.1 Å². The average Bonchev–Trinajstić information content (AvgIpc) is 3.13. The normalized spacial score (nSPS) is 14.4. The lowest BCUT2D eigenvalue weighted by molar-refractivity contribution is 0.454. The van der Waals surface area contributed by atoms with Gasteiger partial charge in [-0.2, -0.15) is 4.98 Å². The molecule has 1 saturated carbocycles. The summed E-state index contributed by atoms with van der Waals surface area (Å²) in [7, 11) is 0. The third-order valence-electron chi connectivity index (χ3n) is 2.88. The largest absolute Gasteiger partial charge is 0.493 e. The van der Waals surface area contributed by atoms with E-state index in [4.69, 9.17) is 0 Å². The fourth-order valence-electron chi connectivity index (χ4n) is 1.82. The third kappa shape index (κ3) is 2.07. The molecule has 2 aromatic rings. The number of nitrogens with zero attached hydrogens (tertiary/aromatic N) is 1. The number of aromatic amines is 1. The maximum Gasteiger partial charge on any atom is 0.264 e. The van der Waals surface area contributed by atoms with Crippen molar-refractivity contribution in [3.8, 4) is 17.0 Å². The van der Waals surface area contributed by atoms with Gasteiger partial charge < -0.3 is 10.4 Å². The average molecular weight is 243 g/mol. The first-order chi connectivity index (χ1) is 8.74. The second kappa shape index (κ2) is 4.18. The summed E-state index contributed by atoms with van der Waals surface area (Å²) in [4.78, 5) is 18.6. The first-order valence-electron chi connectivity index (χ1n) is 5.89. The standard InChI is InChI=1S/C13H13N3O2/c17-11-10(8-4-2-1-3-5-8)12(18)16-13(15-11)14-9-6-7-9/h1-5,9H,6-7H2,(H3,14,15,16,17,18). The molecule has 1 fully saturated rings. The van der Waals surface area contributed by atoms with Crippen LogP contribution in [0.3, 0.4) is 0 Å². The molecule has 1 aromatic carbocycles. The smallest absolute Gasteiger partial charge is 0.264 e. The molecule has 1 heterocycles. The molecule has 0 unspecified atom stereocenters. The van der Waals surface area contributed by atoms with Crippen molar-refractivity contribution in [2.24, 2.45) is 0 Å². The van der Waals surface area contributed by atoms with Crippen molar-refractivity contribution in [3.63, 3.8) is 0 Å². The monoisotopic (exact) mass is 243 g/mol. The van der Waals surface area contributed by atoms with Crippen LogP contribution in [0, 0.1) is 0 Å². The molecule has 0 radical (unpaired) electrons. The van der Waals surface area contributed by atoms with Gasteiger partial charge >= 0.3 is 0 Å². The SMILES string of the molecule is O=c1[nH]c(NC2CC2)nc(O)c1-c1ccccc1. The molecule has 1 aliphatic carbocycles. The number of H-pyrrole nitrogens is 1. The van der Waals surface area contributed by atoms with Crippen LogP contribution < -0.4 is 10.9 Å². The van der Waals surface area contributed by atoms with E-state index < -0.39 is 0 Å². The molecule has 1 aliphatic rings. The second-order valence-electron chi connectivity index (χ2n) is 4.40. The molecule has 0 atom stereocenters. The topological polar surface area (TPSA) is 78.0 Å². The molecule has 92 valence electrons. The Morgan fingerprint density at radius 2 is 2.00 bits per heavy atom. The predicted molar refractivity (Wildman–Crippen MR) is 68.6 cm³/mol. The van der Waals surface area contributed by atoms with Gasteiger partial charge in [-0.05, 0) is 18.4 Å². The van der Waals surface area contributed by atoms with E-state index in [2.05, 4.69) is 15.3 Å². The summed E-state index contributed by atoms with van der Waals surface area (Å²) in [6.45, 7) is 0. The number of nitrogens with one attached hydrogen (secondary N) is 2. The van der Waals surface area contributed by atoms with Crippen molar-refractivity contribution in [2.75, 3.05) is 5.32 Å². The van der Waals surface area contributed by atoms with Crippen molar-refractivity contribution in [2.45, 2.75) is 18.9 Å². The summed E-state index contributed by atoms with van der Waals surface area (Å²) in [6, 6.07) is 9.37. The zero-order valence-electron chi connectivity index (χ0n) is 9.68. The van der Waals surface area contributed by atoms with Gasteiger partial charge in [-0.1, -0.05) is 30.3 Å². The molecular weight excluding hydrogens is 230 g/mol. The summed E-state index contributed by atoms with van der Waals surface area (Å²) >= 11 is 0. The van der Waals surface area contributed by atoms with Crippen LogP contribution in [-0.2, 0) is 0 Å². The van der Waals surface area contributed by atoms with Crippen LogP contribution in [0.5, 0.6) is 5.88 Å². The maximum atomic E-state index is 12.0. The highest BCUT2D eigenvalue weighted by Crippen LogP contribution is 2.26. The van der Waals surface area contributed by atoms with Crippen LogP contribution in [0.15, 0.2) is 35.1 Å². The van der Waals surface area contributed by atoms with Crippen LogP contribution >= 0.6 is 0 Å². The minimum absolute atomic E-state index is 0.206. The summed E-state index contributed by atoms with van der Waals surface area (Å²) in [6.07, 6.45) is 2.15. The van der Waals surface area contributed by atoms with E-state index in [0.29, 0.717) is 17.6 Å². The molecule has 5 heteroatoms. The molecule has 5 nitrogen and oxygen atoms in total. The van der Waals surface area contributed by atoms with Crippen molar-refractivity contribution >= 4 is 5.95 Å². The Morgan fingerprint density at radius 3 is 2.61 bits per heavy atom. The van der Waals surface area contributed by atoms with Gasteiger partial charge in [0.05, 0.1) is 0 Å². The van der Waals surface area contributed by atoms with Crippen molar-refractivity contribution in [1.29, 1.82) is 0 Å². The molecule has 0 aliphatic heterocycles. The Kier molecular flexibility index (Phi) is 2.51. The number of aromatic hydroxyl groups is 1. The summed E-state index contributed by atoms with van der Waals surface area (Å²) < 4.78 is 0. The molecule has 0 saturated heterocycles. The van der Waals surface area contributed by atoms with Gasteiger partial charge in [0.2, 0.25) is 11.8 Å². The lowest BCUT2D eigenvalue weighted by Crippen LogP contribution is -2.15. The zero-order chi connectivity index (χ0) is 12.5. The molecule has 3 rings (SSSR count). The Labute approximate surface area is 104 Å². The highest BCUT2D eigenvalue weighted by Gasteiger charge is 2.22. The maximum absolute atomic E-state index is 12.0. The minimum Gasteiger partial charge on any atom is -0.493 e. The van der Waals surface area contributed by atoms with Gasteiger partial charge in [-0.3, -0.25) is 9.78 Å². The van der Waals surface area contributed by atoms with Gasteiger partial charge in [0.1, 0.15) is 5.56 Å². The molecule has 3 N–H and O–H groups in total. The van der Waals surface area contributed by atoms with E-state index in [1.807, 2.05) is 18.2 Å². The van der Waals surface area contributed by atoms with Crippen LogP contribution in [0.4, 0.5) is 5.95 Å². The van der Waals surface area contributed by atoms with Gasteiger partial charge in [-0.15, -0.1) is 0 Å². The minimum atomic E-state index is -0.336. The fraction of sp³-hybridized carbons (Fsp3) is 0.231. The number of aromatic nitrogens is 2. The number of rotatable bonds is 3. The molecule has 0 bridgehead atoms. The van der Waals surface area contributed by atoms with E-state index in [9.17, 15) is 9.90 Å². The summed E-state index contributed by atoms with van der Waals surface area (Å²) in [5, 5.41) is 12.9. The summed E-state index contributed by atoms with van der Waals surface area (Å²) in [5.74, 6) is 0.0905. The van der Waals surface area contributed by atoms with Crippen molar-refractivity contribution in [3.05, 3.63) is 40.7 Å². The van der Waals surface area contributed by atoms with Crippen LogP contribution in [-0.4, -0.2) is 21.1 Å². The summed E-state index contributed by atoms with van der Waals surface area (Å²) in [5.41, 5.74) is 0.524. The quantitative estimate of drug-likeness (QED) is 0.767. The number of anilines is 1. The third-order valence-corrected chi connectivity index (χ3v) is 2.88. The van der Waals surface area contributed by atoms with Gasteiger partial charge in [0, 0.05) is 6.04 Å². The van der Waals surface area contributed by atoms with E-state index in [-0.39, 0.29) is 17.0 Å². The van der Waals surface area contributed by atoms with Gasteiger partial charge in [-0.25, -0.2) is 0 Å². The van der Waals surface area contributed by atoms with E-state index in [1.165, 1.54) is 0 Å². The van der Waals surface area contributed by atoms with Crippen molar-refractivity contribution in [1.82, 2.24) is 9.97 Å². The van der Waals surface area contributed by atoms with Crippen LogP contribution in [0.1, 0.15) is 12.8 Å². The van der Waals surface area contributed by atoms with Gasteiger partial charge in [0.15, 0.2) is 0 Å². The van der Waals surface area contributed by atoms with Gasteiger partial charge in [0.25, 0.3) is 5.56 Å². The first kappa shape index (κ1) is 10.8. The molecule has 0 spiro atoms. The molecule has 18 heavy (non-hydrogen) atoms. The lowest BCUT2D eigenvalue weighted by atomic mass is 10.1. The molecular formula is C13H13N3O2. The first-order valence-corrected chi connectivity index (χ1v) is 5.89. The number of benzene rings is 1. The van der Waals surface area contributed by atoms with Crippen molar-refractivity contribution < 1.29 is 5.11 Å². The Balaban J connectivity index is 2.03.